The van der Waals surface area contributed by atoms with Gasteiger partial charge in [0.05, 0.1) is 0 Å². The lowest BCUT2D eigenvalue weighted by atomic mass is 10.1. The van der Waals surface area contributed by atoms with E-state index in [1.165, 1.54) is 0 Å². The summed E-state index contributed by atoms with van der Waals surface area (Å²) in [5, 5.41) is 3.41. The topological polar surface area (TPSA) is 98.7 Å². The maximum atomic E-state index is 11.4. The van der Waals surface area contributed by atoms with Crippen LogP contribution in [0, 0.1) is 0 Å². The highest BCUT2D eigenvalue weighted by Crippen LogP contribution is 2.26. The van der Waals surface area contributed by atoms with E-state index < -0.39 is 5.91 Å². The van der Waals surface area contributed by atoms with E-state index in [1.54, 1.807) is 30.6 Å². The number of amides is 1. The first-order chi connectivity index (χ1) is 15.7. The minimum absolute atomic E-state index is 0.437. The molecule has 32 heavy (non-hydrogen) atoms. The van der Waals surface area contributed by atoms with Gasteiger partial charge < -0.3 is 11.1 Å². The van der Waals surface area contributed by atoms with Gasteiger partial charge in [0.25, 0.3) is 0 Å². The van der Waals surface area contributed by atoms with E-state index in [2.05, 4.69) is 22.4 Å². The summed E-state index contributed by atoms with van der Waals surface area (Å²) in [5.41, 5.74) is 10.1. The average molecular weight is 420 g/mol. The van der Waals surface area contributed by atoms with Crippen LogP contribution < -0.4 is 11.1 Å². The number of nitrogens with one attached hydrogen (secondary N) is 1. The maximum absolute atomic E-state index is 11.4. The van der Waals surface area contributed by atoms with Gasteiger partial charge in [-0.05, 0) is 29.8 Å². The zero-order valence-corrected chi connectivity index (χ0v) is 17.1. The molecule has 156 valence electrons. The van der Waals surface area contributed by atoms with E-state index in [4.69, 9.17) is 15.7 Å². The Morgan fingerprint density at radius 1 is 0.875 bits per heavy atom. The fourth-order valence-electron chi connectivity index (χ4n) is 3.50. The molecule has 2 aromatic heterocycles. The van der Waals surface area contributed by atoms with Crippen LogP contribution in [0.1, 0.15) is 15.9 Å². The third-order valence-electron chi connectivity index (χ3n) is 5.16. The van der Waals surface area contributed by atoms with Gasteiger partial charge in [-0.15, -0.1) is 0 Å². The van der Waals surface area contributed by atoms with Gasteiger partial charge in [-0.2, -0.15) is 0 Å². The molecule has 7 heteroatoms. The van der Waals surface area contributed by atoms with Crippen LogP contribution in [0.5, 0.6) is 0 Å². The second kappa shape index (κ2) is 8.31. The lowest BCUT2D eigenvalue weighted by Crippen LogP contribution is -2.10. The zero-order chi connectivity index (χ0) is 21.9. The van der Waals surface area contributed by atoms with Gasteiger partial charge in [0.2, 0.25) is 5.91 Å². The van der Waals surface area contributed by atoms with E-state index in [0.29, 0.717) is 34.9 Å². The molecule has 0 radical (unpaired) electrons. The SMILES string of the molecule is NC(=O)c1ccc(-c2nc(NCc3ccccc3)c3ncn(-c4ccccc4)c3n2)cc1. The van der Waals surface area contributed by atoms with E-state index in [-0.39, 0.29) is 0 Å². The summed E-state index contributed by atoms with van der Waals surface area (Å²) in [4.78, 5) is 25.6. The van der Waals surface area contributed by atoms with Gasteiger partial charge in [-0.1, -0.05) is 60.7 Å². The van der Waals surface area contributed by atoms with Crippen molar-refractivity contribution in [1.29, 1.82) is 0 Å². The molecule has 0 aliphatic heterocycles. The number of nitrogens with two attached hydrogens (primary N) is 1. The van der Waals surface area contributed by atoms with E-state index in [1.807, 2.05) is 53.1 Å². The number of carbonyl (C=O) groups excluding carboxylic acids is 1. The molecule has 0 atom stereocenters. The smallest absolute Gasteiger partial charge is 0.248 e. The largest absolute Gasteiger partial charge is 0.366 e. The number of nitrogens with zero attached hydrogens (tertiary/aromatic N) is 4. The number of hydrogen-bond donors (Lipinski definition) is 2. The Labute approximate surface area is 184 Å². The molecule has 0 aliphatic carbocycles. The molecule has 0 spiro atoms. The standard InChI is InChI=1S/C25H20N6O/c26-22(32)18-11-13-19(14-12-18)23-29-24(27-15-17-7-3-1-4-8-17)21-25(30-23)31(16-28-21)20-9-5-2-6-10-20/h1-14,16H,15H2,(H2,26,32)(H,27,29,30). The van der Waals surface area contributed by atoms with Crippen LogP contribution >= 0.6 is 0 Å². The van der Waals surface area contributed by atoms with Crippen molar-refractivity contribution in [3.05, 3.63) is 102 Å². The van der Waals surface area contributed by atoms with Gasteiger partial charge in [-0.3, -0.25) is 9.36 Å². The number of benzene rings is 3. The molecule has 1 amide bonds. The highest BCUT2D eigenvalue weighted by atomic mass is 16.1. The molecular weight excluding hydrogens is 400 g/mol. The third kappa shape index (κ3) is 3.79. The van der Waals surface area contributed by atoms with Crippen molar-refractivity contribution in [1.82, 2.24) is 19.5 Å². The molecule has 0 aliphatic rings. The van der Waals surface area contributed by atoms with Crippen molar-refractivity contribution in [2.45, 2.75) is 6.54 Å². The number of imidazole rings is 1. The van der Waals surface area contributed by atoms with Crippen molar-refractivity contribution in [3.63, 3.8) is 0 Å². The van der Waals surface area contributed by atoms with E-state index in [9.17, 15) is 4.79 Å². The fraction of sp³-hybridized carbons (Fsp3) is 0.0400. The first-order valence-corrected chi connectivity index (χ1v) is 10.2. The minimum atomic E-state index is -0.472. The Morgan fingerprint density at radius 3 is 2.25 bits per heavy atom. The molecule has 2 heterocycles. The molecule has 3 aromatic carbocycles. The van der Waals surface area contributed by atoms with Crippen LogP contribution in [-0.4, -0.2) is 25.4 Å². The maximum Gasteiger partial charge on any atom is 0.248 e. The van der Waals surface area contributed by atoms with Crippen molar-refractivity contribution >= 4 is 22.9 Å². The molecule has 0 unspecified atom stereocenters. The number of rotatable bonds is 6. The first-order valence-electron chi connectivity index (χ1n) is 10.2. The predicted molar refractivity (Wildman–Crippen MR) is 124 cm³/mol. The number of para-hydroxylation sites is 1. The van der Waals surface area contributed by atoms with Crippen LogP contribution in [0.4, 0.5) is 5.82 Å². The molecule has 5 rings (SSSR count). The number of hydrogen-bond acceptors (Lipinski definition) is 5. The number of anilines is 1. The molecule has 0 fully saturated rings. The van der Waals surface area contributed by atoms with Gasteiger partial charge in [0.1, 0.15) is 6.33 Å². The second-order valence-corrected chi connectivity index (χ2v) is 7.30. The summed E-state index contributed by atoms with van der Waals surface area (Å²) in [5.74, 6) is 0.699. The van der Waals surface area contributed by atoms with Crippen LogP contribution in [0.2, 0.25) is 0 Å². The Kier molecular flexibility index (Phi) is 5.05. The van der Waals surface area contributed by atoms with E-state index >= 15 is 0 Å². The Balaban J connectivity index is 1.62. The first kappa shape index (κ1) is 19.4. The molecule has 5 aromatic rings. The minimum Gasteiger partial charge on any atom is -0.366 e. The van der Waals surface area contributed by atoms with Crippen LogP contribution in [0.25, 0.3) is 28.2 Å². The zero-order valence-electron chi connectivity index (χ0n) is 17.1. The van der Waals surface area contributed by atoms with Crippen molar-refractivity contribution < 1.29 is 4.79 Å². The van der Waals surface area contributed by atoms with Crippen LogP contribution in [0.3, 0.4) is 0 Å². The summed E-state index contributed by atoms with van der Waals surface area (Å²) in [7, 11) is 0. The highest BCUT2D eigenvalue weighted by molar-refractivity contribution is 5.93. The third-order valence-corrected chi connectivity index (χ3v) is 5.16. The number of carbonyl (C=O) groups is 1. The normalized spacial score (nSPS) is 10.9. The molecular formula is C25H20N6O. The number of aromatic nitrogens is 4. The summed E-state index contributed by atoms with van der Waals surface area (Å²) in [6.07, 6.45) is 1.75. The van der Waals surface area contributed by atoms with Crippen LogP contribution in [0.15, 0.2) is 91.3 Å². The lowest BCUT2D eigenvalue weighted by molar-refractivity contribution is 0.100. The number of fused-ring (bicyclic) bond motifs is 1. The molecule has 7 nitrogen and oxygen atoms in total. The Bertz CT molecular complexity index is 1380. The lowest BCUT2D eigenvalue weighted by Gasteiger charge is -2.10. The number of primary amides is 1. The summed E-state index contributed by atoms with van der Waals surface area (Å²) in [6, 6.07) is 27.0. The monoisotopic (exact) mass is 420 g/mol. The molecule has 0 saturated carbocycles. The van der Waals surface area contributed by atoms with Crippen molar-refractivity contribution in [3.8, 4) is 17.1 Å². The van der Waals surface area contributed by atoms with Crippen molar-refractivity contribution in [2.75, 3.05) is 5.32 Å². The van der Waals surface area contributed by atoms with Crippen molar-refractivity contribution in [2.24, 2.45) is 5.73 Å². The summed E-state index contributed by atoms with van der Waals surface area (Å²) >= 11 is 0. The fourth-order valence-corrected chi connectivity index (χ4v) is 3.50. The average Bonchev–Trinajstić information content (AvgIpc) is 3.28. The van der Waals surface area contributed by atoms with Gasteiger partial charge in [-0.25, -0.2) is 15.0 Å². The van der Waals surface area contributed by atoms with Gasteiger partial charge in [0.15, 0.2) is 22.8 Å². The molecule has 0 bridgehead atoms. The Morgan fingerprint density at radius 2 is 1.56 bits per heavy atom. The summed E-state index contributed by atoms with van der Waals surface area (Å²) < 4.78 is 1.94. The van der Waals surface area contributed by atoms with E-state index in [0.717, 1.165) is 16.8 Å². The van der Waals surface area contributed by atoms with Gasteiger partial charge >= 0.3 is 0 Å². The Hall–Kier alpha value is -4.52. The second-order valence-electron chi connectivity index (χ2n) is 7.30. The predicted octanol–water partition coefficient (Wildman–Crippen LogP) is 4.19. The van der Waals surface area contributed by atoms with Crippen LogP contribution in [-0.2, 0) is 6.54 Å². The molecule has 3 N–H and O–H groups in total. The highest BCUT2D eigenvalue weighted by Gasteiger charge is 2.15. The summed E-state index contributed by atoms with van der Waals surface area (Å²) in [6.45, 7) is 0.602. The van der Waals surface area contributed by atoms with Gasteiger partial charge in [0, 0.05) is 23.4 Å². The molecule has 0 saturated heterocycles. The quantitative estimate of drug-likeness (QED) is 0.429.